The first-order chi connectivity index (χ1) is 11.6. The first-order valence-electron chi connectivity index (χ1n) is 7.59. The third-order valence-corrected chi connectivity index (χ3v) is 5.13. The lowest BCUT2D eigenvalue weighted by Gasteiger charge is -2.09. The number of aromatic nitrogens is 4. The molecule has 1 fully saturated rings. The van der Waals surface area contributed by atoms with Gasteiger partial charge in [-0.2, -0.15) is 9.78 Å². The smallest absolute Gasteiger partial charge is 0.263 e. The van der Waals surface area contributed by atoms with Crippen molar-refractivity contribution in [3.05, 3.63) is 60.6 Å². The molecule has 122 valence electrons. The van der Waals surface area contributed by atoms with Crippen molar-refractivity contribution in [2.75, 3.05) is 4.72 Å². The maximum Gasteiger partial charge on any atom is 0.263 e. The number of anilines is 1. The Kier molecular flexibility index (Phi) is 3.53. The van der Waals surface area contributed by atoms with Gasteiger partial charge in [0.1, 0.15) is 5.82 Å². The highest BCUT2D eigenvalue weighted by Gasteiger charge is 2.29. The Balaban J connectivity index is 1.75. The van der Waals surface area contributed by atoms with Gasteiger partial charge in [0, 0.05) is 24.4 Å². The second kappa shape index (κ2) is 5.72. The third-order valence-electron chi connectivity index (χ3n) is 3.76. The van der Waals surface area contributed by atoms with E-state index in [1.165, 1.54) is 4.68 Å². The molecule has 0 atom stereocenters. The Morgan fingerprint density at radius 2 is 1.75 bits per heavy atom. The summed E-state index contributed by atoms with van der Waals surface area (Å²) >= 11 is 0. The van der Waals surface area contributed by atoms with Crippen LogP contribution in [0.25, 0.3) is 5.95 Å². The van der Waals surface area contributed by atoms with E-state index in [1.807, 2.05) is 0 Å². The largest absolute Gasteiger partial charge is 0.263 e. The minimum Gasteiger partial charge on any atom is -0.263 e. The molecule has 24 heavy (non-hydrogen) atoms. The fraction of sp³-hybridized carbons (Fsp3) is 0.188. The molecule has 0 bridgehead atoms. The van der Waals surface area contributed by atoms with E-state index in [1.54, 1.807) is 54.9 Å². The molecule has 1 aliphatic carbocycles. The van der Waals surface area contributed by atoms with Crippen molar-refractivity contribution in [2.24, 2.45) is 0 Å². The van der Waals surface area contributed by atoms with Crippen molar-refractivity contribution in [1.29, 1.82) is 0 Å². The average molecular weight is 341 g/mol. The molecule has 8 heteroatoms. The summed E-state index contributed by atoms with van der Waals surface area (Å²) in [6.45, 7) is 0. The van der Waals surface area contributed by atoms with Crippen LogP contribution < -0.4 is 4.72 Å². The standard InChI is InChI=1S/C16H15N5O2S/c22-24(23,13-5-2-1-3-6-13)20-15-11-14(12-7-8-12)19-21(15)16-17-9-4-10-18-16/h1-6,9-12,20H,7-8H2. The normalized spacial score (nSPS) is 14.5. The SMILES string of the molecule is O=S(=O)(Nc1cc(C2CC2)nn1-c1ncccn1)c1ccccc1. The quantitative estimate of drug-likeness (QED) is 0.769. The molecule has 0 aliphatic heterocycles. The van der Waals surface area contributed by atoms with Crippen LogP contribution in [0.1, 0.15) is 24.5 Å². The molecule has 0 amide bonds. The lowest BCUT2D eigenvalue weighted by atomic mass is 10.3. The summed E-state index contributed by atoms with van der Waals surface area (Å²) in [5.74, 6) is 1.05. The molecule has 0 radical (unpaired) electrons. The molecule has 3 aromatic rings. The van der Waals surface area contributed by atoms with Gasteiger partial charge in [-0.25, -0.2) is 18.4 Å². The van der Waals surface area contributed by atoms with Gasteiger partial charge in [-0.1, -0.05) is 18.2 Å². The highest BCUT2D eigenvalue weighted by molar-refractivity contribution is 7.92. The summed E-state index contributed by atoms with van der Waals surface area (Å²) in [6.07, 6.45) is 5.32. The molecule has 2 aromatic heterocycles. The second-order valence-electron chi connectivity index (χ2n) is 5.61. The van der Waals surface area contributed by atoms with Gasteiger partial charge in [0.15, 0.2) is 0 Å². The van der Waals surface area contributed by atoms with Crippen LogP contribution in [-0.4, -0.2) is 28.2 Å². The van der Waals surface area contributed by atoms with Crippen LogP contribution in [0.5, 0.6) is 0 Å². The lowest BCUT2D eigenvalue weighted by molar-refractivity contribution is 0.600. The molecule has 1 aliphatic rings. The van der Waals surface area contributed by atoms with E-state index in [0.717, 1.165) is 18.5 Å². The maximum absolute atomic E-state index is 12.6. The molecule has 1 N–H and O–H groups in total. The Bertz CT molecular complexity index is 951. The van der Waals surface area contributed by atoms with Crippen LogP contribution in [0.4, 0.5) is 5.82 Å². The predicted molar refractivity (Wildman–Crippen MR) is 88.4 cm³/mol. The average Bonchev–Trinajstić information content (AvgIpc) is 3.38. The molecular formula is C16H15N5O2S. The van der Waals surface area contributed by atoms with E-state index in [4.69, 9.17) is 0 Å². The molecular weight excluding hydrogens is 326 g/mol. The number of rotatable bonds is 5. The highest BCUT2D eigenvalue weighted by atomic mass is 32.2. The van der Waals surface area contributed by atoms with Crippen molar-refractivity contribution in [1.82, 2.24) is 19.7 Å². The van der Waals surface area contributed by atoms with Crippen LogP contribution in [0.15, 0.2) is 59.8 Å². The summed E-state index contributed by atoms with van der Waals surface area (Å²) < 4.78 is 29.2. The van der Waals surface area contributed by atoms with E-state index in [9.17, 15) is 8.42 Å². The van der Waals surface area contributed by atoms with Crippen LogP contribution in [0.2, 0.25) is 0 Å². The number of nitrogens with one attached hydrogen (secondary N) is 1. The van der Waals surface area contributed by atoms with Gasteiger partial charge in [-0.15, -0.1) is 0 Å². The molecule has 0 spiro atoms. The Morgan fingerprint density at radius 3 is 2.42 bits per heavy atom. The van der Waals surface area contributed by atoms with Crippen molar-refractivity contribution >= 4 is 15.8 Å². The van der Waals surface area contributed by atoms with Gasteiger partial charge in [0.2, 0.25) is 0 Å². The van der Waals surface area contributed by atoms with Crippen molar-refractivity contribution in [3.8, 4) is 5.95 Å². The zero-order valence-corrected chi connectivity index (χ0v) is 13.5. The lowest BCUT2D eigenvalue weighted by Crippen LogP contribution is -2.16. The van der Waals surface area contributed by atoms with Gasteiger partial charge in [0.25, 0.3) is 16.0 Å². The summed E-state index contributed by atoms with van der Waals surface area (Å²) in [5, 5.41) is 4.49. The van der Waals surface area contributed by atoms with E-state index >= 15 is 0 Å². The topological polar surface area (TPSA) is 89.8 Å². The summed E-state index contributed by atoms with van der Waals surface area (Å²) in [5.41, 5.74) is 0.855. The van der Waals surface area contributed by atoms with Gasteiger partial charge >= 0.3 is 0 Å². The van der Waals surface area contributed by atoms with Crippen LogP contribution >= 0.6 is 0 Å². The number of hydrogen-bond acceptors (Lipinski definition) is 5. The number of hydrogen-bond donors (Lipinski definition) is 1. The van der Waals surface area contributed by atoms with Crippen molar-refractivity contribution in [2.45, 2.75) is 23.7 Å². The number of nitrogens with zero attached hydrogens (tertiary/aromatic N) is 4. The monoisotopic (exact) mass is 341 g/mol. The molecule has 1 saturated carbocycles. The van der Waals surface area contributed by atoms with Crippen LogP contribution in [-0.2, 0) is 10.0 Å². The zero-order valence-electron chi connectivity index (χ0n) is 12.7. The fourth-order valence-electron chi connectivity index (χ4n) is 2.40. The molecule has 2 heterocycles. The first kappa shape index (κ1) is 14.8. The van der Waals surface area contributed by atoms with Gasteiger partial charge in [-0.05, 0) is 31.0 Å². The van der Waals surface area contributed by atoms with Crippen molar-refractivity contribution < 1.29 is 8.42 Å². The van der Waals surface area contributed by atoms with E-state index in [0.29, 0.717) is 17.7 Å². The van der Waals surface area contributed by atoms with Crippen LogP contribution in [0.3, 0.4) is 0 Å². The van der Waals surface area contributed by atoms with E-state index in [-0.39, 0.29) is 4.90 Å². The fourth-order valence-corrected chi connectivity index (χ4v) is 3.45. The Labute approximate surface area is 139 Å². The van der Waals surface area contributed by atoms with Gasteiger partial charge in [0.05, 0.1) is 10.6 Å². The molecule has 7 nitrogen and oxygen atoms in total. The minimum atomic E-state index is -3.70. The molecule has 4 rings (SSSR count). The first-order valence-corrected chi connectivity index (χ1v) is 9.07. The maximum atomic E-state index is 12.6. The van der Waals surface area contributed by atoms with Crippen LogP contribution in [0, 0.1) is 0 Å². The minimum absolute atomic E-state index is 0.194. The van der Waals surface area contributed by atoms with E-state index < -0.39 is 10.0 Å². The van der Waals surface area contributed by atoms with Crippen molar-refractivity contribution in [3.63, 3.8) is 0 Å². The van der Waals surface area contributed by atoms with Gasteiger partial charge < -0.3 is 0 Å². The molecule has 1 aromatic carbocycles. The number of sulfonamides is 1. The molecule has 0 saturated heterocycles. The van der Waals surface area contributed by atoms with E-state index in [2.05, 4.69) is 19.8 Å². The Hall–Kier alpha value is -2.74. The predicted octanol–water partition coefficient (Wildman–Crippen LogP) is 2.34. The highest BCUT2D eigenvalue weighted by Crippen LogP contribution is 2.40. The summed E-state index contributed by atoms with van der Waals surface area (Å²) in [7, 11) is -3.70. The summed E-state index contributed by atoms with van der Waals surface area (Å²) in [4.78, 5) is 8.51. The Morgan fingerprint density at radius 1 is 1.04 bits per heavy atom. The zero-order chi connectivity index (χ0) is 16.6. The van der Waals surface area contributed by atoms with Gasteiger partial charge in [-0.3, -0.25) is 4.72 Å². The molecule has 0 unspecified atom stereocenters. The third kappa shape index (κ3) is 2.88. The number of benzene rings is 1. The summed E-state index contributed by atoms with van der Waals surface area (Å²) in [6, 6.07) is 11.7. The second-order valence-corrected chi connectivity index (χ2v) is 7.29.